The van der Waals surface area contributed by atoms with Gasteiger partial charge < -0.3 is 20.1 Å². The van der Waals surface area contributed by atoms with Gasteiger partial charge in [0.15, 0.2) is 0 Å². The summed E-state index contributed by atoms with van der Waals surface area (Å²) in [6, 6.07) is 1.57. The summed E-state index contributed by atoms with van der Waals surface area (Å²) in [7, 11) is 0. The van der Waals surface area contributed by atoms with Gasteiger partial charge in [0.2, 0.25) is 0 Å². The summed E-state index contributed by atoms with van der Waals surface area (Å²) in [6.45, 7) is 10.2. The lowest BCUT2D eigenvalue weighted by atomic mass is 10.1. The van der Waals surface area contributed by atoms with Crippen LogP contribution in [0, 0.1) is 5.82 Å². The average Bonchev–Trinajstić information content (AvgIpc) is 3.35. The third kappa shape index (κ3) is 7.69. The Morgan fingerprint density at radius 2 is 2.02 bits per heavy atom. The van der Waals surface area contributed by atoms with Gasteiger partial charge >= 0.3 is 12.1 Å². The minimum absolute atomic E-state index is 0.0873. The molecule has 0 bridgehead atoms. The van der Waals surface area contributed by atoms with Gasteiger partial charge in [-0.3, -0.25) is 9.20 Å². The number of amides is 1. The first-order valence-corrected chi connectivity index (χ1v) is 14.5. The van der Waals surface area contributed by atoms with Gasteiger partial charge in [-0.2, -0.15) is 0 Å². The number of hydrogen-bond donors (Lipinski definition) is 1. The second kappa shape index (κ2) is 12.4. The molecule has 0 spiro atoms. The summed E-state index contributed by atoms with van der Waals surface area (Å²) in [5, 5.41) is 2.93. The van der Waals surface area contributed by atoms with E-state index in [1.165, 1.54) is 6.08 Å². The third-order valence-corrected chi connectivity index (χ3v) is 7.46. The number of thiazole rings is 1. The van der Waals surface area contributed by atoms with Crippen molar-refractivity contribution in [3.05, 3.63) is 61.7 Å². The maximum atomic E-state index is 15.2. The number of carbonyl (C=O) groups is 2. The quantitative estimate of drug-likeness (QED) is 0.300. The van der Waals surface area contributed by atoms with Gasteiger partial charge in [0.05, 0.1) is 29.0 Å². The predicted molar refractivity (Wildman–Crippen MR) is 156 cm³/mol. The standard InChI is InChI=1S/C29H36FN5O5S/c1-17(2)22-16-41-24(32-22)10-8-18-13-23-33-26(34-12-6-7-19(14-34)39-28(31)38)20(27(37)35(23)15-21(18)30)9-11-25(36)40-29(3,4)5/h9,11,13,15-17,19H,6-8,10,12,14H2,1-5H3,(H2,31,38)/b11-9+. The summed E-state index contributed by atoms with van der Waals surface area (Å²) in [5.74, 6) is -0.560. The SMILES string of the molecule is CC(C)c1csc(CCc2cc3nc(N4CCCC(OC(N)=O)C4)c(/C=C/C(=O)OC(C)(C)C)c(=O)n3cc2F)n1. The maximum absolute atomic E-state index is 15.2. The van der Waals surface area contributed by atoms with E-state index < -0.39 is 35.1 Å². The maximum Gasteiger partial charge on any atom is 0.404 e. The van der Waals surface area contributed by atoms with Crippen molar-refractivity contribution in [2.45, 2.75) is 77.9 Å². The van der Waals surface area contributed by atoms with Gasteiger partial charge in [-0.25, -0.2) is 23.9 Å². The summed E-state index contributed by atoms with van der Waals surface area (Å²) in [4.78, 5) is 48.6. The van der Waals surface area contributed by atoms with Crippen molar-refractivity contribution in [3.8, 4) is 0 Å². The Hall–Kier alpha value is -3.80. The van der Waals surface area contributed by atoms with Gasteiger partial charge in [-0.05, 0) is 63.7 Å². The van der Waals surface area contributed by atoms with E-state index in [4.69, 9.17) is 20.2 Å². The van der Waals surface area contributed by atoms with Crippen LogP contribution in [0.25, 0.3) is 11.7 Å². The van der Waals surface area contributed by atoms with Crippen LogP contribution in [0.15, 0.2) is 28.5 Å². The largest absolute Gasteiger partial charge is 0.457 e. The van der Waals surface area contributed by atoms with Gasteiger partial charge in [0.1, 0.15) is 29.0 Å². The Balaban J connectivity index is 1.73. The molecule has 1 unspecified atom stereocenters. The van der Waals surface area contributed by atoms with Crippen molar-refractivity contribution in [1.29, 1.82) is 0 Å². The summed E-state index contributed by atoms with van der Waals surface area (Å²) in [5.41, 5.74) is 5.73. The lowest BCUT2D eigenvalue weighted by Gasteiger charge is -2.33. The Labute approximate surface area is 242 Å². The molecule has 1 atom stereocenters. The lowest BCUT2D eigenvalue weighted by molar-refractivity contribution is -0.148. The van der Waals surface area contributed by atoms with Gasteiger partial charge in [-0.1, -0.05) is 13.8 Å². The Morgan fingerprint density at radius 1 is 1.27 bits per heavy atom. The fourth-order valence-corrected chi connectivity index (χ4v) is 5.56. The number of ether oxygens (including phenoxy) is 2. The highest BCUT2D eigenvalue weighted by Crippen LogP contribution is 2.25. The van der Waals surface area contributed by atoms with Gasteiger partial charge in [0, 0.05) is 24.4 Å². The Morgan fingerprint density at radius 3 is 2.68 bits per heavy atom. The average molecular weight is 586 g/mol. The highest BCUT2D eigenvalue weighted by Gasteiger charge is 2.27. The molecule has 10 nitrogen and oxygen atoms in total. The van der Waals surface area contributed by atoms with E-state index in [0.29, 0.717) is 49.5 Å². The molecule has 220 valence electrons. The molecule has 4 heterocycles. The van der Waals surface area contributed by atoms with E-state index in [1.54, 1.807) is 38.2 Å². The molecule has 12 heteroatoms. The number of anilines is 1. The minimum Gasteiger partial charge on any atom is -0.457 e. The zero-order chi connectivity index (χ0) is 29.9. The minimum atomic E-state index is -0.880. The van der Waals surface area contributed by atoms with Crippen LogP contribution in [0.3, 0.4) is 0 Å². The summed E-state index contributed by atoms with van der Waals surface area (Å²) in [6.07, 6.45) is 4.47. The van der Waals surface area contributed by atoms with Crippen LogP contribution < -0.4 is 16.2 Å². The zero-order valence-corrected chi connectivity index (χ0v) is 24.8. The first kappa shape index (κ1) is 30.2. The first-order chi connectivity index (χ1) is 19.3. The second-order valence-electron chi connectivity index (χ2n) is 11.4. The molecule has 4 rings (SSSR count). The van der Waals surface area contributed by atoms with Crippen LogP contribution in [-0.4, -0.2) is 51.2 Å². The number of aromatic nitrogens is 3. The molecule has 1 amide bonds. The molecule has 1 saturated heterocycles. The van der Waals surface area contributed by atoms with E-state index in [2.05, 4.69) is 18.8 Å². The number of esters is 1. The van der Waals surface area contributed by atoms with Crippen LogP contribution in [0.1, 0.15) is 75.2 Å². The molecular weight excluding hydrogens is 549 g/mol. The second-order valence-corrected chi connectivity index (χ2v) is 12.3. The Kier molecular flexibility index (Phi) is 9.11. The monoisotopic (exact) mass is 585 g/mol. The Bertz CT molecular complexity index is 1520. The number of pyridine rings is 1. The molecule has 1 aliphatic heterocycles. The zero-order valence-electron chi connectivity index (χ0n) is 24.0. The summed E-state index contributed by atoms with van der Waals surface area (Å²) < 4.78 is 26.9. The van der Waals surface area contributed by atoms with Crippen LogP contribution in [0.4, 0.5) is 15.0 Å². The number of nitrogens with two attached hydrogens (primary N) is 1. The van der Waals surface area contributed by atoms with Crippen molar-refractivity contribution in [3.63, 3.8) is 0 Å². The third-order valence-electron chi connectivity index (χ3n) is 6.53. The molecule has 0 radical (unpaired) electrons. The number of aryl methyl sites for hydroxylation is 2. The van der Waals surface area contributed by atoms with E-state index >= 15 is 4.39 Å². The van der Waals surface area contributed by atoms with Gasteiger partial charge in [0.25, 0.3) is 5.56 Å². The van der Waals surface area contributed by atoms with Crippen molar-refractivity contribution in [1.82, 2.24) is 14.4 Å². The van der Waals surface area contributed by atoms with E-state index in [1.807, 2.05) is 10.3 Å². The van der Waals surface area contributed by atoms with E-state index in [9.17, 15) is 14.4 Å². The van der Waals surface area contributed by atoms with Crippen molar-refractivity contribution in [2.24, 2.45) is 5.73 Å². The highest BCUT2D eigenvalue weighted by atomic mass is 32.1. The van der Waals surface area contributed by atoms with Gasteiger partial charge in [-0.15, -0.1) is 11.3 Å². The van der Waals surface area contributed by atoms with Crippen LogP contribution in [0.5, 0.6) is 0 Å². The molecule has 3 aromatic heterocycles. The number of rotatable bonds is 8. The molecule has 41 heavy (non-hydrogen) atoms. The topological polar surface area (TPSA) is 129 Å². The molecule has 2 N–H and O–H groups in total. The number of piperidine rings is 1. The number of hydrogen-bond acceptors (Lipinski definition) is 9. The molecule has 1 aliphatic rings. The van der Waals surface area contributed by atoms with Crippen molar-refractivity contribution < 1.29 is 23.5 Å². The molecular formula is C29H36FN5O5S. The predicted octanol–water partition coefficient (Wildman–Crippen LogP) is 4.62. The van der Waals surface area contributed by atoms with Crippen LogP contribution in [-0.2, 0) is 27.1 Å². The lowest BCUT2D eigenvalue weighted by Crippen LogP contribution is -2.43. The van der Waals surface area contributed by atoms with E-state index in [0.717, 1.165) is 27.4 Å². The molecule has 0 aliphatic carbocycles. The highest BCUT2D eigenvalue weighted by molar-refractivity contribution is 7.09. The van der Waals surface area contributed by atoms with E-state index in [-0.39, 0.29) is 17.8 Å². The van der Waals surface area contributed by atoms with Crippen LogP contribution >= 0.6 is 11.3 Å². The van der Waals surface area contributed by atoms with Crippen LogP contribution in [0.2, 0.25) is 0 Å². The number of halogens is 1. The smallest absolute Gasteiger partial charge is 0.404 e. The fraction of sp³-hybridized carbons (Fsp3) is 0.483. The van der Waals surface area contributed by atoms with Crippen molar-refractivity contribution in [2.75, 3.05) is 18.0 Å². The molecule has 0 saturated carbocycles. The number of fused-ring (bicyclic) bond motifs is 1. The first-order valence-electron chi connectivity index (χ1n) is 13.6. The normalized spacial score (nSPS) is 16.1. The number of nitrogens with zero attached hydrogens (tertiary/aromatic N) is 4. The van der Waals surface area contributed by atoms with Crippen molar-refractivity contribution >= 4 is 40.9 Å². The number of carbonyl (C=O) groups excluding carboxylic acids is 2. The molecule has 0 aromatic carbocycles. The fourth-order valence-electron chi connectivity index (χ4n) is 4.60. The molecule has 1 fully saturated rings. The summed E-state index contributed by atoms with van der Waals surface area (Å²) >= 11 is 1.55. The number of primary amides is 1. The molecule has 3 aromatic rings.